The minimum absolute atomic E-state index is 0.0278. The molecule has 0 bridgehead atoms. The van der Waals surface area contributed by atoms with Gasteiger partial charge in [-0.25, -0.2) is 12.7 Å². The zero-order chi connectivity index (χ0) is 21.0. The number of sulfonamides is 1. The number of halogens is 1. The van der Waals surface area contributed by atoms with Crippen LogP contribution in [0, 0.1) is 11.8 Å². The Bertz CT molecular complexity index is 827. The van der Waals surface area contributed by atoms with Crippen LogP contribution >= 0.6 is 15.9 Å². The number of methoxy groups -OCH3 is 1. The van der Waals surface area contributed by atoms with Crippen molar-refractivity contribution in [2.24, 2.45) is 11.8 Å². The van der Waals surface area contributed by atoms with Crippen molar-refractivity contribution in [2.45, 2.75) is 31.4 Å². The highest BCUT2D eigenvalue weighted by Gasteiger charge is 2.35. The Labute approximate surface area is 180 Å². The first kappa shape index (κ1) is 22.2. The summed E-state index contributed by atoms with van der Waals surface area (Å²) in [5, 5.41) is 0. The van der Waals surface area contributed by atoms with Crippen LogP contribution in [0.3, 0.4) is 0 Å². The monoisotopic (exact) mass is 486 g/mol. The second kappa shape index (κ2) is 9.57. The molecule has 2 aliphatic rings. The van der Waals surface area contributed by atoms with Gasteiger partial charge in [-0.3, -0.25) is 9.59 Å². The smallest absolute Gasteiger partial charge is 0.308 e. The van der Waals surface area contributed by atoms with E-state index in [0.717, 1.165) is 10.0 Å². The molecule has 2 saturated heterocycles. The Morgan fingerprint density at radius 1 is 1.00 bits per heavy atom. The van der Waals surface area contributed by atoms with Crippen LogP contribution in [0.4, 0.5) is 0 Å². The van der Waals surface area contributed by atoms with Gasteiger partial charge in [-0.1, -0.05) is 28.1 Å². The molecular formula is C20H27BrN2O5S. The van der Waals surface area contributed by atoms with Crippen LogP contribution in [0.25, 0.3) is 0 Å². The van der Waals surface area contributed by atoms with Crippen LogP contribution in [0.2, 0.25) is 0 Å². The normalized spacial score (nSPS) is 19.9. The summed E-state index contributed by atoms with van der Waals surface area (Å²) >= 11 is 3.35. The maximum absolute atomic E-state index is 12.8. The summed E-state index contributed by atoms with van der Waals surface area (Å²) in [4.78, 5) is 26.3. The summed E-state index contributed by atoms with van der Waals surface area (Å²) in [7, 11) is -2.01. The lowest BCUT2D eigenvalue weighted by Crippen LogP contribution is -2.47. The first-order valence-electron chi connectivity index (χ1n) is 9.89. The molecule has 2 aliphatic heterocycles. The Balaban J connectivity index is 1.50. The maximum Gasteiger partial charge on any atom is 0.308 e. The fourth-order valence-corrected chi connectivity index (χ4v) is 5.85. The molecule has 2 fully saturated rings. The number of carbonyl (C=O) groups excluding carboxylic acids is 2. The van der Waals surface area contributed by atoms with E-state index in [4.69, 9.17) is 4.74 Å². The summed E-state index contributed by atoms with van der Waals surface area (Å²) in [5.41, 5.74) is 0.750. The third kappa shape index (κ3) is 5.58. The number of hydrogen-bond acceptors (Lipinski definition) is 5. The molecule has 0 aliphatic carbocycles. The molecule has 1 aromatic carbocycles. The Morgan fingerprint density at radius 2 is 1.55 bits per heavy atom. The number of benzene rings is 1. The van der Waals surface area contributed by atoms with E-state index in [1.54, 1.807) is 12.1 Å². The Kier molecular flexibility index (Phi) is 7.34. The lowest BCUT2D eigenvalue weighted by Gasteiger charge is -2.36. The minimum atomic E-state index is -3.40. The zero-order valence-electron chi connectivity index (χ0n) is 16.5. The Morgan fingerprint density at radius 3 is 2.10 bits per heavy atom. The van der Waals surface area contributed by atoms with Gasteiger partial charge in [-0.15, -0.1) is 0 Å². The van der Waals surface area contributed by atoms with Gasteiger partial charge in [0.15, 0.2) is 0 Å². The second-order valence-electron chi connectivity index (χ2n) is 7.68. The lowest BCUT2D eigenvalue weighted by atomic mass is 9.92. The van der Waals surface area contributed by atoms with Gasteiger partial charge in [0.05, 0.1) is 18.8 Å². The van der Waals surface area contributed by atoms with Crippen molar-refractivity contribution in [3.05, 3.63) is 34.3 Å². The number of rotatable bonds is 5. The van der Waals surface area contributed by atoms with E-state index in [-0.39, 0.29) is 29.5 Å². The fraction of sp³-hybridized carbons (Fsp3) is 0.600. The van der Waals surface area contributed by atoms with Crippen LogP contribution < -0.4 is 0 Å². The van der Waals surface area contributed by atoms with E-state index in [9.17, 15) is 18.0 Å². The van der Waals surface area contributed by atoms with Gasteiger partial charge in [0.2, 0.25) is 15.9 Å². The number of carbonyl (C=O) groups is 2. The van der Waals surface area contributed by atoms with E-state index in [2.05, 4.69) is 15.9 Å². The zero-order valence-corrected chi connectivity index (χ0v) is 19.0. The number of nitrogens with zero attached hydrogens (tertiary/aromatic N) is 2. The van der Waals surface area contributed by atoms with Crippen molar-refractivity contribution in [2.75, 3.05) is 33.3 Å². The number of likely N-dealkylation sites (tertiary alicyclic amines) is 1. The van der Waals surface area contributed by atoms with Crippen LogP contribution in [-0.2, 0) is 30.1 Å². The SMILES string of the molecule is COC(=O)C1CCN(C(=O)C2CCN(S(=O)(=O)Cc3ccc(Br)cc3)CC2)CC1. The molecule has 3 rings (SSSR count). The lowest BCUT2D eigenvalue weighted by molar-refractivity contribution is -0.149. The highest BCUT2D eigenvalue weighted by atomic mass is 79.9. The molecule has 0 unspecified atom stereocenters. The van der Waals surface area contributed by atoms with E-state index < -0.39 is 10.0 Å². The van der Waals surface area contributed by atoms with E-state index in [1.807, 2.05) is 17.0 Å². The molecule has 160 valence electrons. The molecule has 0 aromatic heterocycles. The quantitative estimate of drug-likeness (QED) is 0.596. The van der Waals surface area contributed by atoms with Gasteiger partial charge < -0.3 is 9.64 Å². The first-order chi connectivity index (χ1) is 13.8. The predicted octanol–water partition coefficient (Wildman–Crippen LogP) is 2.40. The van der Waals surface area contributed by atoms with Crippen LogP contribution in [0.5, 0.6) is 0 Å². The van der Waals surface area contributed by atoms with Gasteiger partial charge in [-0.05, 0) is 43.4 Å². The summed E-state index contributed by atoms with van der Waals surface area (Å²) < 4.78 is 32.6. The third-order valence-corrected chi connectivity index (χ3v) is 8.18. The predicted molar refractivity (Wildman–Crippen MR) is 112 cm³/mol. The van der Waals surface area contributed by atoms with E-state index in [0.29, 0.717) is 51.9 Å². The summed E-state index contributed by atoms with van der Waals surface area (Å²) in [6.45, 7) is 1.85. The summed E-state index contributed by atoms with van der Waals surface area (Å²) in [6.07, 6.45) is 2.32. The molecule has 9 heteroatoms. The first-order valence-corrected chi connectivity index (χ1v) is 12.3. The van der Waals surface area contributed by atoms with Crippen molar-refractivity contribution in [3.63, 3.8) is 0 Å². The molecule has 0 spiro atoms. The van der Waals surface area contributed by atoms with Crippen molar-refractivity contribution >= 4 is 37.8 Å². The van der Waals surface area contributed by atoms with Gasteiger partial charge >= 0.3 is 5.97 Å². The molecule has 29 heavy (non-hydrogen) atoms. The van der Waals surface area contributed by atoms with Crippen molar-refractivity contribution < 1.29 is 22.7 Å². The topological polar surface area (TPSA) is 84.0 Å². The highest BCUT2D eigenvalue weighted by Crippen LogP contribution is 2.26. The van der Waals surface area contributed by atoms with E-state index in [1.165, 1.54) is 11.4 Å². The third-order valence-electron chi connectivity index (χ3n) is 5.80. The number of piperidine rings is 2. The van der Waals surface area contributed by atoms with Gasteiger partial charge in [0.25, 0.3) is 0 Å². The largest absolute Gasteiger partial charge is 0.469 e. The number of esters is 1. The molecule has 2 heterocycles. The molecule has 7 nitrogen and oxygen atoms in total. The molecular weight excluding hydrogens is 460 g/mol. The minimum Gasteiger partial charge on any atom is -0.469 e. The van der Waals surface area contributed by atoms with Crippen LogP contribution in [-0.4, -0.2) is 62.8 Å². The molecule has 0 atom stereocenters. The average molecular weight is 487 g/mol. The number of hydrogen-bond donors (Lipinski definition) is 0. The highest BCUT2D eigenvalue weighted by molar-refractivity contribution is 9.10. The van der Waals surface area contributed by atoms with Crippen LogP contribution in [0.15, 0.2) is 28.7 Å². The van der Waals surface area contributed by atoms with Gasteiger partial charge in [0, 0.05) is 36.6 Å². The fourth-order valence-electron chi connectivity index (χ4n) is 4.02. The molecule has 1 amide bonds. The summed E-state index contributed by atoms with van der Waals surface area (Å²) in [5.74, 6) is -0.432. The molecule has 0 radical (unpaired) electrons. The van der Waals surface area contributed by atoms with E-state index >= 15 is 0 Å². The average Bonchev–Trinajstić information content (AvgIpc) is 2.74. The standard InChI is InChI=1S/C20H27BrN2O5S/c1-28-20(25)17-6-10-22(11-7-17)19(24)16-8-12-23(13-9-16)29(26,27)14-15-2-4-18(21)5-3-15/h2-5,16-17H,6-14H2,1H3. The number of ether oxygens (including phenoxy) is 1. The van der Waals surface area contributed by atoms with Gasteiger partial charge in [-0.2, -0.15) is 0 Å². The van der Waals surface area contributed by atoms with Crippen molar-refractivity contribution in [1.29, 1.82) is 0 Å². The van der Waals surface area contributed by atoms with Crippen molar-refractivity contribution in [1.82, 2.24) is 9.21 Å². The maximum atomic E-state index is 12.8. The van der Waals surface area contributed by atoms with Crippen LogP contribution in [0.1, 0.15) is 31.2 Å². The van der Waals surface area contributed by atoms with Gasteiger partial charge in [0.1, 0.15) is 0 Å². The summed E-state index contributed by atoms with van der Waals surface area (Å²) in [6, 6.07) is 7.27. The Hall–Kier alpha value is -1.45. The molecule has 0 N–H and O–H groups in total. The molecule has 1 aromatic rings. The van der Waals surface area contributed by atoms with Crippen molar-refractivity contribution in [3.8, 4) is 0 Å². The number of amides is 1. The molecule has 0 saturated carbocycles. The second-order valence-corrected chi connectivity index (χ2v) is 10.6.